The molecule has 0 radical (unpaired) electrons. The van der Waals surface area contributed by atoms with Crippen LogP contribution in [0.2, 0.25) is 0 Å². The Morgan fingerprint density at radius 2 is 1.66 bits per heavy atom. The summed E-state index contributed by atoms with van der Waals surface area (Å²) in [6.45, 7) is 0. The summed E-state index contributed by atoms with van der Waals surface area (Å²) in [6.07, 6.45) is -3.57. The minimum Gasteiger partial charge on any atom is -0.457 e. The number of amides is 1. The summed E-state index contributed by atoms with van der Waals surface area (Å²) in [5.41, 5.74) is -0.688. The maximum absolute atomic E-state index is 14.1. The number of hydrogen-bond donors (Lipinski definition) is 4. The van der Waals surface area contributed by atoms with E-state index in [9.17, 15) is 27.5 Å². The Kier molecular flexibility index (Phi) is 7.72. The lowest BCUT2D eigenvalue weighted by Gasteiger charge is -2.19. The van der Waals surface area contributed by atoms with Crippen LogP contribution < -0.4 is 20.7 Å². The fourth-order valence-electron chi connectivity index (χ4n) is 3.47. The van der Waals surface area contributed by atoms with Crippen LogP contribution >= 0.6 is 0 Å². The molecule has 8 nitrogen and oxygen atoms in total. The predicted octanol–water partition coefficient (Wildman–Crippen LogP) is 5.25. The number of rotatable bonds is 8. The average Bonchev–Trinajstić information content (AvgIpc) is 2.89. The first kappa shape index (κ1) is 26.4. The van der Waals surface area contributed by atoms with Crippen molar-refractivity contribution in [1.82, 2.24) is 15.3 Å². The number of aromatic nitrogens is 2. The van der Waals surface area contributed by atoms with E-state index >= 15 is 0 Å². The third-order valence-corrected chi connectivity index (χ3v) is 5.22. The van der Waals surface area contributed by atoms with Crippen molar-refractivity contribution in [3.63, 3.8) is 0 Å². The first-order valence-corrected chi connectivity index (χ1v) is 11.1. The molecule has 0 spiro atoms. The summed E-state index contributed by atoms with van der Waals surface area (Å²) in [6, 6.07) is 15.0. The lowest BCUT2D eigenvalue weighted by atomic mass is 10.0. The van der Waals surface area contributed by atoms with Gasteiger partial charge >= 0.3 is 6.18 Å². The average molecular weight is 527 g/mol. The molecule has 4 aromatic rings. The van der Waals surface area contributed by atoms with Gasteiger partial charge in [-0.2, -0.15) is 17.6 Å². The number of benzene rings is 2. The minimum absolute atomic E-state index is 0.0580. The van der Waals surface area contributed by atoms with Gasteiger partial charge in [0, 0.05) is 42.4 Å². The number of hydrogen-bond acceptors (Lipinski definition) is 7. The zero-order chi connectivity index (χ0) is 27.3. The van der Waals surface area contributed by atoms with E-state index < -0.39 is 24.0 Å². The second kappa shape index (κ2) is 11.1. The third-order valence-electron chi connectivity index (χ3n) is 5.22. The van der Waals surface area contributed by atoms with Crippen LogP contribution in [0.4, 0.5) is 28.9 Å². The van der Waals surface area contributed by atoms with Crippen LogP contribution in [0, 0.1) is 5.95 Å². The maximum Gasteiger partial charge on any atom is 0.416 e. The van der Waals surface area contributed by atoms with E-state index in [0.29, 0.717) is 17.2 Å². The van der Waals surface area contributed by atoms with Crippen LogP contribution in [0.1, 0.15) is 16.1 Å². The fraction of sp³-hybridized carbons (Fsp3) is 0.115. The highest BCUT2D eigenvalue weighted by Crippen LogP contribution is 2.35. The Balaban J connectivity index is 1.46. The van der Waals surface area contributed by atoms with Crippen LogP contribution in [0.5, 0.6) is 11.5 Å². The van der Waals surface area contributed by atoms with Gasteiger partial charge in [-0.3, -0.25) is 9.78 Å². The first-order valence-electron chi connectivity index (χ1n) is 11.1. The number of alkyl halides is 3. The number of ether oxygens (including phenoxy) is 1. The molecular formula is C26H21F4N5O3. The fourth-order valence-corrected chi connectivity index (χ4v) is 3.47. The number of nitrogens with one attached hydrogen (secondary N) is 3. The summed E-state index contributed by atoms with van der Waals surface area (Å²) < 4.78 is 60.2. The second-order valence-electron chi connectivity index (χ2n) is 7.91. The second-order valence-corrected chi connectivity index (χ2v) is 7.91. The Labute approximate surface area is 214 Å². The summed E-state index contributed by atoms with van der Waals surface area (Å²) in [4.78, 5) is 19.2. The molecule has 0 aliphatic rings. The van der Waals surface area contributed by atoms with Gasteiger partial charge in [0.05, 0.1) is 5.56 Å². The summed E-state index contributed by atoms with van der Waals surface area (Å²) >= 11 is 0. The molecule has 1 atom stereocenters. The molecule has 1 unspecified atom stereocenters. The van der Waals surface area contributed by atoms with E-state index in [-0.39, 0.29) is 28.4 Å². The zero-order valence-corrected chi connectivity index (χ0v) is 19.8. The van der Waals surface area contributed by atoms with Gasteiger partial charge in [-0.15, -0.1) is 0 Å². The molecule has 0 aliphatic carbocycles. The number of pyridine rings is 2. The van der Waals surface area contributed by atoms with Crippen molar-refractivity contribution >= 4 is 17.3 Å². The Morgan fingerprint density at radius 3 is 2.34 bits per heavy atom. The van der Waals surface area contributed by atoms with Crippen LogP contribution in [-0.2, 0) is 6.18 Å². The standard InChI is InChI=1S/C26H21F4N5O3/c1-31-24(36)22-14-20(8-10-32-22)38-19-6-4-17(5-7-19)34-25(37)35-18-12-15(11-16(13-18)26(28,29)30)21-3-2-9-33-23(21)27/h2-14,25,34-35,37H,1H3,(H,31,36). The Hall–Kier alpha value is -4.71. The molecule has 38 heavy (non-hydrogen) atoms. The topological polar surface area (TPSA) is 108 Å². The van der Waals surface area contributed by atoms with Crippen molar-refractivity contribution in [1.29, 1.82) is 0 Å². The van der Waals surface area contributed by atoms with Gasteiger partial charge in [-0.25, -0.2) is 4.98 Å². The normalized spacial score (nSPS) is 11.9. The lowest BCUT2D eigenvalue weighted by Crippen LogP contribution is -2.28. The molecule has 2 aromatic carbocycles. The van der Waals surface area contributed by atoms with Gasteiger partial charge in [0.25, 0.3) is 5.91 Å². The quantitative estimate of drug-likeness (QED) is 0.141. The molecule has 4 N–H and O–H groups in total. The summed E-state index contributed by atoms with van der Waals surface area (Å²) in [5, 5.41) is 18.1. The highest BCUT2D eigenvalue weighted by Gasteiger charge is 2.31. The number of nitrogens with zero attached hydrogens (tertiary/aromatic N) is 2. The number of aliphatic hydroxyl groups excluding tert-OH is 1. The van der Waals surface area contributed by atoms with Gasteiger partial charge in [-0.1, -0.05) is 0 Å². The number of anilines is 2. The number of carbonyl (C=O) groups excluding carboxylic acids is 1. The number of aliphatic hydroxyl groups is 1. The molecular weight excluding hydrogens is 506 g/mol. The molecule has 0 aliphatic heterocycles. The first-order chi connectivity index (χ1) is 18.1. The Morgan fingerprint density at radius 1 is 0.921 bits per heavy atom. The van der Waals surface area contributed by atoms with Crippen molar-refractivity contribution in [3.05, 3.63) is 96.3 Å². The SMILES string of the molecule is CNC(=O)c1cc(Oc2ccc(NC(O)Nc3cc(-c4cccnc4F)cc(C(F)(F)F)c3)cc2)ccn1. The highest BCUT2D eigenvalue weighted by atomic mass is 19.4. The monoisotopic (exact) mass is 527 g/mol. The molecule has 1 amide bonds. The van der Waals surface area contributed by atoms with E-state index in [1.165, 1.54) is 43.7 Å². The molecule has 196 valence electrons. The number of carbonyl (C=O) groups is 1. The maximum atomic E-state index is 14.1. The molecule has 2 aromatic heterocycles. The molecule has 0 saturated heterocycles. The molecule has 0 fully saturated rings. The zero-order valence-electron chi connectivity index (χ0n) is 19.8. The minimum atomic E-state index is -4.70. The van der Waals surface area contributed by atoms with Crippen LogP contribution in [0.3, 0.4) is 0 Å². The van der Waals surface area contributed by atoms with Crippen molar-refractivity contribution in [2.75, 3.05) is 17.7 Å². The van der Waals surface area contributed by atoms with Gasteiger partial charge in [-0.05, 0) is 66.2 Å². The lowest BCUT2D eigenvalue weighted by molar-refractivity contribution is -0.137. The van der Waals surface area contributed by atoms with Crippen molar-refractivity contribution in [2.24, 2.45) is 0 Å². The molecule has 2 heterocycles. The third kappa shape index (κ3) is 6.53. The van der Waals surface area contributed by atoms with Crippen LogP contribution in [0.25, 0.3) is 11.1 Å². The van der Waals surface area contributed by atoms with Gasteiger partial charge in [0.15, 0.2) is 0 Å². The molecule has 12 heteroatoms. The summed E-state index contributed by atoms with van der Waals surface area (Å²) in [7, 11) is 1.49. The van der Waals surface area contributed by atoms with Crippen LogP contribution in [0.15, 0.2) is 79.1 Å². The smallest absolute Gasteiger partial charge is 0.416 e. The van der Waals surface area contributed by atoms with Gasteiger partial charge in [0.1, 0.15) is 17.2 Å². The Bertz CT molecular complexity index is 1430. The van der Waals surface area contributed by atoms with Crippen LogP contribution in [-0.4, -0.2) is 34.4 Å². The van der Waals surface area contributed by atoms with Crippen molar-refractivity contribution in [2.45, 2.75) is 12.5 Å². The van der Waals surface area contributed by atoms with E-state index in [1.807, 2.05) is 0 Å². The van der Waals surface area contributed by atoms with E-state index in [0.717, 1.165) is 12.1 Å². The largest absolute Gasteiger partial charge is 0.457 e. The molecule has 4 rings (SSSR count). The van der Waals surface area contributed by atoms with E-state index in [1.54, 1.807) is 30.3 Å². The van der Waals surface area contributed by atoms with E-state index in [4.69, 9.17) is 4.74 Å². The predicted molar refractivity (Wildman–Crippen MR) is 132 cm³/mol. The number of halogens is 4. The molecule has 0 bridgehead atoms. The molecule has 0 saturated carbocycles. The highest BCUT2D eigenvalue weighted by molar-refractivity contribution is 5.92. The van der Waals surface area contributed by atoms with Gasteiger partial charge in [0.2, 0.25) is 12.3 Å². The van der Waals surface area contributed by atoms with E-state index in [2.05, 4.69) is 25.9 Å². The van der Waals surface area contributed by atoms with Gasteiger partial charge < -0.3 is 25.8 Å². The summed E-state index contributed by atoms with van der Waals surface area (Å²) in [5.74, 6) is -0.482. The van der Waals surface area contributed by atoms with Crippen molar-refractivity contribution in [3.8, 4) is 22.6 Å². The van der Waals surface area contributed by atoms with Crippen molar-refractivity contribution < 1.29 is 32.2 Å².